The van der Waals surface area contributed by atoms with Gasteiger partial charge in [0.25, 0.3) is 0 Å². The topological polar surface area (TPSA) is 86.7 Å². The Bertz CT molecular complexity index is 700. The Morgan fingerprint density at radius 3 is 2.12 bits per heavy atom. The third-order valence-corrected chi connectivity index (χ3v) is 6.21. The van der Waals surface area contributed by atoms with E-state index in [-0.39, 0.29) is 16.2 Å². The number of amides is 1. The van der Waals surface area contributed by atoms with E-state index >= 15 is 0 Å². The van der Waals surface area contributed by atoms with Crippen LogP contribution in [0.2, 0.25) is 0 Å². The van der Waals surface area contributed by atoms with Gasteiger partial charge in [-0.25, -0.2) is 8.42 Å². The lowest BCUT2D eigenvalue weighted by atomic mass is 9.87. The average molecular weight is 383 g/mol. The second kappa shape index (κ2) is 8.50. The van der Waals surface area contributed by atoms with Crippen LogP contribution in [0.4, 0.5) is 0 Å². The van der Waals surface area contributed by atoms with Gasteiger partial charge in [0.05, 0.1) is 11.5 Å². The minimum Gasteiger partial charge on any atom is -0.394 e. The number of sulfonamides is 1. The van der Waals surface area contributed by atoms with Gasteiger partial charge in [-0.2, -0.15) is 4.72 Å². The molecule has 0 bridgehead atoms. The van der Waals surface area contributed by atoms with Crippen molar-refractivity contribution in [2.45, 2.75) is 62.8 Å². The molecule has 0 aliphatic carbocycles. The van der Waals surface area contributed by atoms with Gasteiger partial charge in [0.1, 0.15) is 6.04 Å². The van der Waals surface area contributed by atoms with Crippen LogP contribution in [0.15, 0.2) is 29.2 Å². The quantitative estimate of drug-likeness (QED) is 0.816. The molecule has 1 aromatic rings. The molecule has 0 radical (unpaired) electrons. The van der Waals surface area contributed by atoms with Gasteiger partial charge in [-0.3, -0.25) is 4.79 Å². The van der Waals surface area contributed by atoms with Crippen molar-refractivity contribution >= 4 is 15.9 Å². The smallest absolute Gasteiger partial charge is 0.243 e. The van der Waals surface area contributed by atoms with E-state index in [1.807, 2.05) is 0 Å². The minimum absolute atomic E-state index is 0.0773. The molecule has 0 saturated carbocycles. The first kappa shape index (κ1) is 20.9. The molecule has 1 heterocycles. The summed E-state index contributed by atoms with van der Waals surface area (Å²) in [5, 5.41) is 9.58. The van der Waals surface area contributed by atoms with Crippen LogP contribution in [0.5, 0.6) is 0 Å². The van der Waals surface area contributed by atoms with E-state index in [0.717, 1.165) is 31.2 Å². The fourth-order valence-corrected chi connectivity index (χ4v) is 4.25. The molecule has 7 heteroatoms. The first-order valence-electron chi connectivity index (χ1n) is 9.17. The number of nitrogens with one attached hydrogen (secondary N) is 1. The van der Waals surface area contributed by atoms with Crippen molar-refractivity contribution < 1.29 is 18.3 Å². The highest BCUT2D eigenvalue weighted by Gasteiger charge is 2.29. The van der Waals surface area contributed by atoms with Crippen molar-refractivity contribution in [1.29, 1.82) is 0 Å². The molecule has 6 nitrogen and oxygen atoms in total. The largest absolute Gasteiger partial charge is 0.394 e. The van der Waals surface area contributed by atoms with Crippen molar-refractivity contribution in [2.75, 3.05) is 19.7 Å². The molecule has 1 aliphatic rings. The predicted octanol–water partition coefficient (Wildman–Crippen LogP) is 2.03. The van der Waals surface area contributed by atoms with E-state index in [1.165, 1.54) is 12.1 Å². The Hall–Kier alpha value is -1.44. The van der Waals surface area contributed by atoms with Gasteiger partial charge in [0.2, 0.25) is 15.9 Å². The summed E-state index contributed by atoms with van der Waals surface area (Å²) in [6, 6.07) is 5.47. The summed E-state index contributed by atoms with van der Waals surface area (Å²) in [6.07, 6.45) is 3.95. The molecule has 2 rings (SSSR count). The minimum atomic E-state index is -3.88. The van der Waals surface area contributed by atoms with E-state index in [4.69, 9.17) is 0 Å². The van der Waals surface area contributed by atoms with E-state index in [1.54, 1.807) is 17.0 Å². The second-order valence-electron chi connectivity index (χ2n) is 7.87. The van der Waals surface area contributed by atoms with E-state index < -0.39 is 22.7 Å². The summed E-state index contributed by atoms with van der Waals surface area (Å²) in [5.74, 6) is -0.357. The Morgan fingerprint density at radius 1 is 1.12 bits per heavy atom. The zero-order valence-electron chi connectivity index (χ0n) is 15.9. The number of likely N-dealkylation sites (tertiary alicyclic amines) is 1. The number of aliphatic hydroxyl groups excluding tert-OH is 1. The van der Waals surface area contributed by atoms with Crippen molar-refractivity contribution in [1.82, 2.24) is 9.62 Å². The first-order chi connectivity index (χ1) is 12.1. The molecule has 2 N–H and O–H groups in total. The van der Waals surface area contributed by atoms with Crippen LogP contribution in [0.1, 0.15) is 52.0 Å². The van der Waals surface area contributed by atoms with E-state index in [0.29, 0.717) is 13.1 Å². The Morgan fingerprint density at radius 2 is 1.65 bits per heavy atom. The maximum absolute atomic E-state index is 12.6. The number of nitrogens with zero attached hydrogens (tertiary/aromatic N) is 1. The summed E-state index contributed by atoms with van der Waals surface area (Å²) >= 11 is 0. The van der Waals surface area contributed by atoms with Crippen LogP contribution < -0.4 is 4.72 Å². The molecule has 1 aromatic carbocycles. The summed E-state index contributed by atoms with van der Waals surface area (Å²) in [5.41, 5.74) is 0.947. The Balaban J connectivity index is 2.13. The maximum Gasteiger partial charge on any atom is 0.243 e. The molecular weight excluding hydrogens is 352 g/mol. The highest BCUT2D eigenvalue weighted by Crippen LogP contribution is 2.23. The van der Waals surface area contributed by atoms with Crippen LogP contribution >= 0.6 is 0 Å². The fourth-order valence-electron chi connectivity index (χ4n) is 3.07. The van der Waals surface area contributed by atoms with Crippen molar-refractivity contribution in [3.8, 4) is 0 Å². The molecule has 1 fully saturated rings. The first-order valence-corrected chi connectivity index (χ1v) is 10.7. The van der Waals surface area contributed by atoms with Crippen LogP contribution in [-0.2, 0) is 20.2 Å². The molecule has 1 saturated heterocycles. The zero-order valence-corrected chi connectivity index (χ0v) is 16.7. The van der Waals surface area contributed by atoms with Crippen molar-refractivity contribution in [3.05, 3.63) is 29.8 Å². The van der Waals surface area contributed by atoms with Gasteiger partial charge in [-0.15, -0.1) is 0 Å². The number of hydrogen-bond donors (Lipinski definition) is 2. The van der Waals surface area contributed by atoms with Gasteiger partial charge < -0.3 is 10.0 Å². The van der Waals surface area contributed by atoms with E-state index in [9.17, 15) is 18.3 Å². The standard InChI is InChI=1S/C19H30N2O4S/c1-19(2,3)15-8-10-16(11-9-15)26(24,25)20-17(14-22)18(23)21-12-6-4-5-7-13-21/h8-11,17,20,22H,4-7,12-14H2,1-3H3. The number of hydrogen-bond acceptors (Lipinski definition) is 4. The molecule has 0 aromatic heterocycles. The summed E-state index contributed by atoms with van der Waals surface area (Å²) in [6.45, 7) is 6.81. The third-order valence-electron chi connectivity index (χ3n) is 4.73. The van der Waals surface area contributed by atoms with Gasteiger partial charge in [-0.1, -0.05) is 45.7 Å². The molecule has 146 valence electrons. The SMILES string of the molecule is CC(C)(C)c1ccc(S(=O)(=O)NC(CO)C(=O)N2CCCCCC2)cc1. The van der Waals surface area contributed by atoms with Gasteiger partial charge in [0, 0.05) is 13.1 Å². The van der Waals surface area contributed by atoms with Crippen LogP contribution in [0.3, 0.4) is 0 Å². The third kappa shape index (κ3) is 5.28. The highest BCUT2D eigenvalue weighted by molar-refractivity contribution is 7.89. The predicted molar refractivity (Wildman–Crippen MR) is 101 cm³/mol. The molecule has 26 heavy (non-hydrogen) atoms. The Labute approximate surface area is 156 Å². The van der Waals surface area contributed by atoms with Gasteiger partial charge >= 0.3 is 0 Å². The number of carbonyl (C=O) groups excluding carboxylic acids is 1. The monoisotopic (exact) mass is 382 g/mol. The molecular formula is C19H30N2O4S. The highest BCUT2D eigenvalue weighted by atomic mass is 32.2. The summed E-state index contributed by atoms with van der Waals surface area (Å²) < 4.78 is 27.6. The fraction of sp³-hybridized carbons (Fsp3) is 0.632. The summed E-state index contributed by atoms with van der Waals surface area (Å²) in [7, 11) is -3.88. The number of aliphatic hydroxyl groups is 1. The number of rotatable bonds is 5. The lowest BCUT2D eigenvalue weighted by molar-refractivity contribution is -0.133. The number of carbonyl (C=O) groups is 1. The van der Waals surface area contributed by atoms with Crippen LogP contribution in [-0.4, -0.2) is 50.1 Å². The zero-order chi connectivity index (χ0) is 19.4. The van der Waals surface area contributed by atoms with Gasteiger partial charge in [-0.05, 0) is 36.0 Å². The Kier molecular flexibility index (Phi) is 6.82. The van der Waals surface area contributed by atoms with Crippen molar-refractivity contribution in [2.24, 2.45) is 0 Å². The maximum atomic E-state index is 12.6. The summed E-state index contributed by atoms with van der Waals surface area (Å²) in [4.78, 5) is 14.4. The lowest BCUT2D eigenvalue weighted by Crippen LogP contribution is -2.50. The second-order valence-corrected chi connectivity index (χ2v) is 9.58. The molecule has 1 amide bonds. The molecule has 1 aliphatic heterocycles. The normalized spacial score (nSPS) is 17.6. The van der Waals surface area contributed by atoms with Crippen molar-refractivity contribution in [3.63, 3.8) is 0 Å². The molecule has 1 unspecified atom stereocenters. The number of benzene rings is 1. The molecule has 0 spiro atoms. The van der Waals surface area contributed by atoms with Crippen LogP contribution in [0, 0.1) is 0 Å². The van der Waals surface area contributed by atoms with Gasteiger partial charge in [0.15, 0.2) is 0 Å². The molecule has 1 atom stereocenters. The van der Waals surface area contributed by atoms with E-state index in [2.05, 4.69) is 25.5 Å². The van der Waals surface area contributed by atoms with Crippen LogP contribution in [0.25, 0.3) is 0 Å². The average Bonchev–Trinajstić information content (AvgIpc) is 2.88. The lowest BCUT2D eigenvalue weighted by Gasteiger charge is -2.25.